The fourth-order valence-electron chi connectivity index (χ4n) is 1.55. The van der Waals surface area contributed by atoms with E-state index in [-0.39, 0.29) is 23.0 Å². The van der Waals surface area contributed by atoms with E-state index < -0.39 is 10.0 Å². The largest absolute Gasteiger partial charge is 0.384 e. The second-order valence-electron chi connectivity index (χ2n) is 3.92. The fourth-order valence-corrected chi connectivity index (χ4v) is 2.72. The lowest BCUT2D eigenvalue weighted by Crippen LogP contribution is -2.19. The van der Waals surface area contributed by atoms with Crippen molar-refractivity contribution in [2.75, 3.05) is 4.72 Å². The zero-order valence-electron chi connectivity index (χ0n) is 9.92. The molecule has 0 saturated heterocycles. The first kappa shape index (κ1) is 13.1. The predicted octanol–water partition coefficient (Wildman–Crippen LogP) is 0.636. The summed E-state index contributed by atoms with van der Waals surface area (Å²) in [4.78, 5) is 0. The lowest BCUT2D eigenvalue weighted by atomic mass is 10.2. The number of hydrogen-bond donors (Lipinski definition) is 4. The van der Waals surface area contributed by atoms with E-state index in [4.69, 9.17) is 11.1 Å². The maximum Gasteiger partial charge on any atom is 0.238 e. The van der Waals surface area contributed by atoms with Gasteiger partial charge in [0.15, 0.2) is 0 Å². The molecule has 0 unspecified atom stereocenters. The molecule has 0 aliphatic rings. The first-order valence-corrected chi connectivity index (χ1v) is 7.05. The maximum atomic E-state index is 12.0. The molecule has 2 aromatic rings. The van der Waals surface area contributed by atoms with Gasteiger partial charge in [0.2, 0.25) is 10.0 Å². The molecule has 1 aromatic heterocycles. The molecule has 0 aliphatic heterocycles. The third kappa shape index (κ3) is 3.32. The van der Waals surface area contributed by atoms with Gasteiger partial charge < -0.3 is 5.73 Å². The van der Waals surface area contributed by atoms with Crippen LogP contribution in [0.4, 0.5) is 5.82 Å². The smallest absolute Gasteiger partial charge is 0.238 e. The van der Waals surface area contributed by atoms with Crippen LogP contribution >= 0.6 is 0 Å². The number of amidine groups is 1. The van der Waals surface area contributed by atoms with E-state index in [2.05, 4.69) is 14.9 Å². The molecule has 0 saturated carbocycles. The summed E-state index contributed by atoms with van der Waals surface area (Å²) in [5, 5.41) is 13.4. The molecule has 0 fully saturated rings. The minimum Gasteiger partial charge on any atom is -0.384 e. The second-order valence-corrected chi connectivity index (χ2v) is 5.64. The van der Waals surface area contributed by atoms with Gasteiger partial charge in [-0.25, -0.2) is 8.42 Å². The summed E-state index contributed by atoms with van der Waals surface area (Å²) >= 11 is 0. The zero-order valence-corrected chi connectivity index (χ0v) is 10.7. The molecular formula is C11H13N5O2S. The van der Waals surface area contributed by atoms with Gasteiger partial charge in [-0.2, -0.15) is 5.10 Å². The maximum absolute atomic E-state index is 12.0. The number of nitrogens with zero attached hydrogens (tertiary/aromatic N) is 1. The van der Waals surface area contributed by atoms with Gasteiger partial charge >= 0.3 is 0 Å². The number of nitrogens with one attached hydrogen (secondary N) is 3. The van der Waals surface area contributed by atoms with Crippen molar-refractivity contribution in [2.45, 2.75) is 5.75 Å². The summed E-state index contributed by atoms with van der Waals surface area (Å²) < 4.78 is 26.3. The Labute approximate surface area is 110 Å². The summed E-state index contributed by atoms with van der Waals surface area (Å²) in [7, 11) is -3.59. The van der Waals surface area contributed by atoms with Crippen LogP contribution in [0.25, 0.3) is 0 Å². The second kappa shape index (κ2) is 5.11. The number of H-pyrrole nitrogens is 1. The molecule has 0 radical (unpaired) electrons. The van der Waals surface area contributed by atoms with Gasteiger partial charge in [0.1, 0.15) is 11.7 Å². The molecule has 0 spiro atoms. The van der Waals surface area contributed by atoms with E-state index in [0.29, 0.717) is 5.56 Å². The first-order chi connectivity index (χ1) is 8.98. The van der Waals surface area contributed by atoms with Gasteiger partial charge in [-0.15, -0.1) is 0 Å². The van der Waals surface area contributed by atoms with Crippen LogP contribution in [0, 0.1) is 5.41 Å². The first-order valence-electron chi connectivity index (χ1n) is 5.40. The average Bonchev–Trinajstić information content (AvgIpc) is 2.77. The Bertz CT molecular complexity index is 678. The van der Waals surface area contributed by atoms with Crippen molar-refractivity contribution >= 4 is 21.7 Å². The van der Waals surface area contributed by atoms with Crippen molar-refractivity contribution in [3.05, 3.63) is 47.7 Å². The third-order valence-electron chi connectivity index (χ3n) is 2.39. The van der Waals surface area contributed by atoms with Crippen LogP contribution in [0.2, 0.25) is 0 Å². The number of benzene rings is 1. The van der Waals surface area contributed by atoms with Crippen LogP contribution in [-0.4, -0.2) is 24.5 Å². The Balaban J connectivity index is 2.18. The quantitative estimate of drug-likeness (QED) is 0.473. The van der Waals surface area contributed by atoms with Crippen LogP contribution in [0.3, 0.4) is 0 Å². The molecule has 1 heterocycles. The van der Waals surface area contributed by atoms with Crippen molar-refractivity contribution in [1.82, 2.24) is 10.2 Å². The number of nitrogens with two attached hydrogens (primary N) is 1. The molecule has 0 atom stereocenters. The Morgan fingerprint density at radius 2 is 2.05 bits per heavy atom. The van der Waals surface area contributed by atoms with Crippen molar-refractivity contribution < 1.29 is 8.42 Å². The molecule has 0 aliphatic carbocycles. The Kier molecular flexibility index (Phi) is 3.52. The number of hydrogen-bond acceptors (Lipinski definition) is 4. The normalized spacial score (nSPS) is 11.2. The predicted molar refractivity (Wildman–Crippen MR) is 72.3 cm³/mol. The van der Waals surface area contributed by atoms with Crippen molar-refractivity contribution in [1.29, 1.82) is 5.41 Å². The van der Waals surface area contributed by atoms with Crippen molar-refractivity contribution in [2.24, 2.45) is 5.73 Å². The SMILES string of the molecule is N=C(N)c1cn[nH]c1NS(=O)(=O)Cc1ccccc1. The molecule has 0 amide bonds. The number of aromatic amines is 1. The summed E-state index contributed by atoms with van der Waals surface area (Å²) in [6, 6.07) is 8.78. The lowest BCUT2D eigenvalue weighted by Gasteiger charge is -2.07. The van der Waals surface area contributed by atoms with Gasteiger partial charge in [0.05, 0.1) is 17.5 Å². The minimum absolute atomic E-state index is 0.100. The average molecular weight is 279 g/mol. The fraction of sp³-hybridized carbons (Fsp3) is 0.0909. The van der Waals surface area contributed by atoms with Crippen LogP contribution in [0.15, 0.2) is 36.5 Å². The minimum atomic E-state index is -3.59. The number of nitrogen functional groups attached to an aromatic ring is 1. The number of aromatic nitrogens is 2. The Morgan fingerprint density at radius 1 is 1.37 bits per heavy atom. The van der Waals surface area contributed by atoms with Gasteiger partial charge in [-0.1, -0.05) is 30.3 Å². The van der Waals surface area contributed by atoms with Gasteiger partial charge in [0, 0.05) is 0 Å². The van der Waals surface area contributed by atoms with E-state index in [1.165, 1.54) is 6.20 Å². The van der Waals surface area contributed by atoms with E-state index in [9.17, 15) is 8.42 Å². The highest BCUT2D eigenvalue weighted by Gasteiger charge is 2.16. The van der Waals surface area contributed by atoms with Crippen LogP contribution in [0.5, 0.6) is 0 Å². The summed E-state index contributed by atoms with van der Waals surface area (Å²) in [6.45, 7) is 0. The van der Waals surface area contributed by atoms with Crippen molar-refractivity contribution in [3.8, 4) is 0 Å². The molecular weight excluding hydrogens is 266 g/mol. The molecule has 100 valence electrons. The zero-order chi connectivity index (χ0) is 13.9. The van der Waals surface area contributed by atoms with E-state index in [0.717, 1.165) is 0 Å². The number of anilines is 1. The van der Waals surface area contributed by atoms with Crippen LogP contribution < -0.4 is 10.5 Å². The molecule has 19 heavy (non-hydrogen) atoms. The Morgan fingerprint density at radius 3 is 2.68 bits per heavy atom. The Hall–Kier alpha value is -2.35. The molecule has 5 N–H and O–H groups in total. The highest BCUT2D eigenvalue weighted by atomic mass is 32.2. The molecule has 0 bridgehead atoms. The number of sulfonamides is 1. The van der Waals surface area contributed by atoms with E-state index in [1.54, 1.807) is 24.3 Å². The van der Waals surface area contributed by atoms with Crippen molar-refractivity contribution in [3.63, 3.8) is 0 Å². The molecule has 1 aromatic carbocycles. The summed E-state index contributed by atoms with van der Waals surface area (Å²) in [5.41, 5.74) is 6.20. The summed E-state index contributed by atoms with van der Waals surface area (Å²) in [5.74, 6) is -0.320. The standard InChI is InChI=1S/C11H13N5O2S/c12-10(13)9-6-14-15-11(9)16-19(17,18)7-8-4-2-1-3-5-8/h1-6H,7H2,(H3,12,13)(H2,14,15,16). The lowest BCUT2D eigenvalue weighted by molar-refractivity contribution is 0.600. The highest BCUT2D eigenvalue weighted by Crippen LogP contribution is 2.14. The van der Waals surface area contributed by atoms with E-state index >= 15 is 0 Å². The van der Waals surface area contributed by atoms with Gasteiger partial charge in [-0.05, 0) is 5.56 Å². The topological polar surface area (TPSA) is 125 Å². The highest BCUT2D eigenvalue weighted by molar-refractivity contribution is 7.91. The summed E-state index contributed by atoms with van der Waals surface area (Å²) in [6.07, 6.45) is 1.29. The van der Waals surface area contributed by atoms with Crippen LogP contribution in [0.1, 0.15) is 11.1 Å². The van der Waals surface area contributed by atoms with E-state index in [1.807, 2.05) is 6.07 Å². The number of rotatable bonds is 5. The molecule has 7 nitrogen and oxygen atoms in total. The van der Waals surface area contributed by atoms with Gasteiger partial charge in [-0.3, -0.25) is 15.2 Å². The third-order valence-corrected chi connectivity index (χ3v) is 3.62. The van der Waals surface area contributed by atoms with Crippen LogP contribution in [-0.2, 0) is 15.8 Å². The molecule has 2 rings (SSSR count). The monoisotopic (exact) mass is 279 g/mol. The molecule has 8 heteroatoms. The van der Waals surface area contributed by atoms with Gasteiger partial charge in [0.25, 0.3) is 0 Å².